The lowest BCUT2D eigenvalue weighted by Crippen LogP contribution is -2.21. The molecule has 3 rings (SSSR count). The van der Waals surface area contributed by atoms with Crippen LogP contribution in [0.15, 0.2) is 78.9 Å². The standard InChI is InChI=1S/C24H19Cl2NO4/c25-18-12-10-17(11-13-18)24(23(30)16-6-2-1-3-7-16)31-22(29)15-14-21(28)27-20-9-5-4-8-19(20)26/h1-13,24H,14-15H2,(H,27,28)/t24-/m0/s1. The second-order valence-electron chi connectivity index (χ2n) is 6.68. The summed E-state index contributed by atoms with van der Waals surface area (Å²) in [5, 5.41) is 3.54. The minimum Gasteiger partial charge on any atom is -0.449 e. The van der Waals surface area contributed by atoms with E-state index in [-0.39, 0.29) is 24.5 Å². The molecule has 0 fully saturated rings. The number of hydrogen-bond acceptors (Lipinski definition) is 4. The Balaban J connectivity index is 1.66. The van der Waals surface area contributed by atoms with Crippen LogP contribution < -0.4 is 5.32 Å². The van der Waals surface area contributed by atoms with Gasteiger partial charge in [0, 0.05) is 22.6 Å². The van der Waals surface area contributed by atoms with Gasteiger partial charge in [-0.15, -0.1) is 0 Å². The van der Waals surface area contributed by atoms with Crippen molar-refractivity contribution in [2.45, 2.75) is 18.9 Å². The minimum absolute atomic E-state index is 0.114. The summed E-state index contributed by atoms with van der Waals surface area (Å²) in [6.45, 7) is 0. The molecule has 1 N–H and O–H groups in total. The fraction of sp³-hybridized carbons (Fsp3) is 0.125. The molecule has 7 heteroatoms. The summed E-state index contributed by atoms with van der Waals surface area (Å²) in [5.74, 6) is -1.42. The van der Waals surface area contributed by atoms with Crippen LogP contribution in [0.25, 0.3) is 0 Å². The third-order valence-electron chi connectivity index (χ3n) is 4.42. The van der Waals surface area contributed by atoms with E-state index in [1.54, 1.807) is 78.9 Å². The fourth-order valence-corrected chi connectivity index (χ4v) is 3.15. The number of Topliss-reactive ketones (excluding diaryl/α,β-unsaturated/α-hetero) is 1. The molecule has 5 nitrogen and oxygen atoms in total. The second kappa shape index (κ2) is 10.8. The molecule has 3 aromatic carbocycles. The van der Waals surface area contributed by atoms with Crippen molar-refractivity contribution in [1.82, 2.24) is 0 Å². The molecule has 1 atom stereocenters. The van der Waals surface area contributed by atoms with Crippen molar-refractivity contribution in [3.8, 4) is 0 Å². The van der Waals surface area contributed by atoms with Crippen LogP contribution in [0.4, 0.5) is 5.69 Å². The van der Waals surface area contributed by atoms with Gasteiger partial charge in [0.15, 0.2) is 6.10 Å². The van der Waals surface area contributed by atoms with E-state index in [0.29, 0.717) is 26.9 Å². The van der Waals surface area contributed by atoms with E-state index < -0.39 is 12.1 Å². The number of esters is 1. The molecule has 3 aromatic rings. The molecule has 0 saturated heterocycles. The van der Waals surface area contributed by atoms with Gasteiger partial charge < -0.3 is 10.1 Å². The Morgan fingerprint density at radius 1 is 0.806 bits per heavy atom. The molecule has 0 unspecified atom stereocenters. The monoisotopic (exact) mass is 455 g/mol. The second-order valence-corrected chi connectivity index (χ2v) is 7.52. The quantitative estimate of drug-likeness (QED) is 0.340. The Morgan fingerprint density at radius 2 is 1.45 bits per heavy atom. The van der Waals surface area contributed by atoms with Gasteiger partial charge in [-0.2, -0.15) is 0 Å². The van der Waals surface area contributed by atoms with Crippen molar-refractivity contribution in [2.75, 3.05) is 5.32 Å². The molecule has 31 heavy (non-hydrogen) atoms. The Morgan fingerprint density at radius 3 is 2.13 bits per heavy atom. The summed E-state index contributed by atoms with van der Waals surface area (Å²) in [6.07, 6.45) is -1.45. The Hall–Kier alpha value is -3.15. The zero-order valence-corrected chi connectivity index (χ0v) is 17.9. The first-order chi connectivity index (χ1) is 14.9. The smallest absolute Gasteiger partial charge is 0.307 e. The number of amides is 1. The van der Waals surface area contributed by atoms with Crippen LogP contribution in [0.3, 0.4) is 0 Å². The predicted octanol–water partition coefficient (Wildman–Crippen LogP) is 5.88. The number of hydrogen-bond donors (Lipinski definition) is 1. The largest absolute Gasteiger partial charge is 0.449 e. The molecular weight excluding hydrogens is 437 g/mol. The molecule has 0 spiro atoms. The van der Waals surface area contributed by atoms with Crippen molar-refractivity contribution < 1.29 is 19.1 Å². The van der Waals surface area contributed by atoms with Crippen LogP contribution >= 0.6 is 23.2 Å². The lowest BCUT2D eigenvalue weighted by molar-refractivity contribution is -0.148. The van der Waals surface area contributed by atoms with Gasteiger partial charge in [-0.25, -0.2) is 0 Å². The lowest BCUT2D eigenvalue weighted by atomic mass is 10.00. The molecule has 158 valence electrons. The summed E-state index contributed by atoms with van der Waals surface area (Å²) in [6, 6.07) is 21.8. The first kappa shape index (κ1) is 22.5. The van der Waals surface area contributed by atoms with E-state index >= 15 is 0 Å². The summed E-state index contributed by atoms with van der Waals surface area (Å²) < 4.78 is 5.48. The van der Waals surface area contributed by atoms with Gasteiger partial charge in [0.05, 0.1) is 17.1 Å². The van der Waals surface area contributed by atoms with Gasteiger partial charge >= 0.3 is 5.97 Å². The highest BCUT2D eigenvalue weighted by molar-refractivity contribution is 6.33. The summed E-state index contributed by atoms with van der Waals surface area (Å²) in [4.78, 5) is 37.6. The highest BCUT2D eigenvalue weighted by Gasteiger charge is 2.26. The van der Waals surface area contributed by atoms with E-state index in [4.69, 9.17) is 27.9 Å². The molecule has 1 amide bonds. The molecular formula is C24H19Cl2NO4. The number of anilines is 1. The predicted molar refractivity (Wildman–Crippen MR) is 120 cm³/mol. The molecule has 0 aliphatic carbocycles. The van der Waals surface area contributed by atoms with E-state index in [1.165, 1.54) is 0 Å². The van der Waals surface area contributed by atoms with Gasteiger partial charge in [-0.3, -0.25) is 14.4 Å². The lowest BCUT2D eigenvalue weighted by Gasteiger charge is -2.17. The molecule has 0 saturated carbocycles. The van der Waals surface area contributed by atoms with Gasteiger partial charge in [-0.05, 0) is 24.3 Å². The van der Waals surface area contributed by atoms with E-state index in [9.17, 15) is 14.4 Å². The number of nitrogens with one attached hydrogen (secondary N) is 1. The number of benzene rings is 3. The van der Waals surface area contributed by atoms with Gasteiger partial charge in [0.1, 0.15) is 0 Å². The van der Waals surface area contributed by atoms with Gasteiger partial charge in [0.25, 0.3) is 0 Å². The third-order valence-corrected chi connectivity index (χ3v) is 5.00. The van der Waals surface area contributed by atoms with Crippen LogP contribution in [0.5, 0.6) is 0 Å². The Bertz CT molecular complexity index is 1070. The zero-order chi connectivity index (χ0) is 22.2. The Kier molecular flexibility index (Phi) is 7.82. The fourth-order valence-electron chi connectivity index (χ4n) is 2.85. The highest BCUT2D eigenvalue weighted by Crippen LogP contribution is 2.25. The van der Waals surface area contributed by atoms with Crippen LogP contribution in [-0.4, -0.2) is 17.7 Å². The topological polar surface area (TPSA) is 72.5 Å². The normalized spacial score (nSPS) is 11.4. The number of ether oxygens (including phenoxy) is 1. The van der Waals surface area contributed by atoms with E-state index in [1.807, 2.05) is 0 Å². The summed E-state index contributed by atoms with van der Waals surface area (Å²) in [5.41, 5.74) is 1.36. The SMILES string of the molecule is O=C(CCC(=O)O[C@H](C(=O)c1ccccc1)c1ccc(Cl)cc1)Nc1ccccc1Cl. The van der Waals surface area contributed by atoms with Crippen LogP contribution in [0, 0.1) is 0 Å². The highest BCUT2D eigenvalue weighted by atomic mass is 35.5. The first-order valence-electron chi connectivity index (χ1n) is 9.52. The van der Waals surface area contributed by atoms with Crippen molar-refractivity contribution in [2.24, 2.45) is 0 Å². The molecule has 0 aliphatic heterocycles. The molecule has 0 heterocycles. The maximum atomic E-state index is 13.0. The van der Waals surface area contributed by atoms with E-state index in [0.717, 1.165) is 0 Å². The third kappa shape index (κ3) is 6.41. The van der Waals surface area contributed by atoms with Gasteiger partial charge in [-0.1, -0.05) is 77.8 Å². The van der Waals surface area contributed by atoms with Crippen LogP contribution in [-0.2, 0) is 14.3 Å². The van der Waals surface area contributed by atoms with Crippen molar-refractivity contribution in [3.05, 3.63) is 100 Å². The average Bonchev–Trinajstić information content (AvgIpc) is 2.78. The van der Waals surface area contributed by atoms with Crippen molar-refractivity contribution in [3.63, 3.8) is 0 Å². The maximum Gasteiger partial charge on any atom is 0.307 e. The molecule has 0 aromatic heterocycles. The molecule has 0 aliphatic rings. The average molecular weight is 456 g/mol. The molecule has 0 bridgehead atoms. The number of para-hydroxylation sites is 1. The number of carbonyl (C=O) groups is 3. The molecule has 0 radical (unpaired) electrons. The van der Waals surface area contributed by atoms with Crippen molar-refractivity contribution in [1.29, 1.82) is 0 Å². The van der Waals surface area contributed by atoms with Crippen LogP contribution in [0.1, 0.15) is 34.9 Å². The summed E-state index contributed by atoms with van der Waals surface area (Å²) in [7, 11) is 0. The maximum absolute atomic E-state index is 13.0. The van der Waals surface area contributed by atoms with E-state index in [2.05, 4.69) is 5.32 Å². The zero-order valence-electron chi connectivity index (χ0n) is 16.4. The van der Waals surface area contributed by atoms with Crippen LogP contribution in [0.2, 0.25) is 10.0 Å². The number of halogens is 2. The Labute approximate surface area is 189 Å². The number of rotatable bonds is 8. The number of carbonyl (C=O) groups excluding carboxylic acids is 3. The summed E-state index contributed by atoms with van der Waals surface area (Å²) >= 11 is 12.0. The van der Waals surface area contributed by atoms with Crippen molar-refractivity contribution >= 4 is 46.5 Å². The number of ketones is 1. The minimum atomic E-state index is -1.14. The first-order valence-corrected chi connectivity index (χ1v) is 10.3. The van der Waals surface area contributed by atoms with Gasteiger partial charge in [0.2, 0.25) is 11.7 Å².